The number of allylic oxidation sites excluding steroid dienone is 2. The van der Waals surface area contributed by atoms with E-state index in [0.717, 1.165) is 19.0 Å². The number of hydrogen-bond acceptors (Lipinski definition) is 2. The Balaban J connectivity index is 2.00. The first-order valence-corrected chi connectivity index (χ1v) is 7.01. The first-order valence-electron chi connectivity index (χ1n) is 6.13. The highest BCUT2D eigenvalue weighted by Crippen LogP contribution is 2.38. The van der Waals surface area contributed by atoms with Gasteiger partial charge in [0.1, 0.15) is 0 Å². The molecule has 16 heavy (non-hydrogen) atoms. The first kappa shape index (κ1) is 11.9. The van der Waals surface area contributed by atoms with E-state index in [1.165, 1.54) is 17.7 Å². The summed E-state index contributed by atoms with van der Waals surface area (Å²) in [5.74, 6) is 0.731. The van der Waals surface area contributed by atoms with E-state index < -0.39 is 0 Å². The lowest BCUT2D eigenvalue weighted by Gasteiger charge is -2.28. The summed E-state index contributed by atoms with van der Waals surface area (Å²) in [5.41, 5.74) is 0.350. The fraction of sp³-hybridized carbons (Fsp3) is 0.571. The van der Waals surface area contributed by atoms with E-state index in [9.17, 15) is 0 Å². The zero-order valence-corrected chi connectivity index (χ0v) is 11.0. The quantitative estimate of drug-likeness (QED) is 0.769. The molecule has 1 aromatic heterocycles. The van der Waals surface area contributed by atoms with E-state index >= 15 is 0 Å². The third-order valence-electron chi connectivity index (χ3n) is 3.24. The van der Waals surface area contributed by atoms with Crippen molar-refractivity contribution in [2.45, 2.75) is 32.1 Å². The van der Waals surface area contributed by atoms with Crippen LogP contribution in [0, 0.1) is 5.92 Å². The molecule has 88 valence electrons. The summed E-state index contributed by atoms with van der Waals surface area (Å²) in [6.45, 7) is 6.75. The fourth-order valence-electron chi connectivity index (χ4n) is 2.31. The second kappa shape index (κ2) is 5.15. The van der Waals surface area contributed by atoms with Crippen LogP contribution < -0.4 is 5.32 Å². The SMILES string of the molecule is CC(C)CNCC1(c2cccs2)CC=CC1. The molecule has 1 heterocycles. The lowest BCUT2D eigenvalue weighted by Crippen LogP contribution is -2.37. The fourth-order valence-corrected chi connectivity index (χ4v) is 3.26. The number of hydrogen-bond donors (Lipinski definition) is 1. The van der Waals surface area contributed by atoms with Gasteiger partial charge in [0.05, 0.1) is 0 Å². The molecular weight excluding hydrogens is 214 g/mol. The van der Waals surface area contributed by atoms with Gasteiger partial charge in [-0.3, -0.25) is 0 Å². The Morgan fingerprint density at radius 2 is 2.12 bits per heavy atom. The average molecular weight is 235 g/mol. The molecule has 0 radical (unpaired) electrons. The van der Waals surface area contributed by atoms with Gasteiger partial charge in [0.15, 0.2) is 0 Å². The van der Waals surface area contributed by atoms with Crippen LogP contribution in [0.15, 0.2) is 29.7 Å². The van der Waals surface area contributed by atoms with Crippen LogP contribution in [0.3, 0.4) is 0 Å². The Hall–Kier alpha value is -0.600. The van der Waals surface area contributed by atoms with Crippen molar-refractivity contribution >= 4 is 11.3 Å². The molecule has 0 saturated carbocycles. The van der Waals surface area contributed by atoms with Crippen molar-refractivity contribution in [2.24, 2.45) is 5.92 Å². The van der Waals surface area contributed by atoms with Crippen LogP contribution in [-0.4, -0.2) is 13.1 Å². The van der Waals surface area contributed by atoms with E-state index in [-0.39, 0.29) is 0 Å². The number of rotatable bonds is 5. The maximum atomic E-state index is 3.62. The van der Waals surface area contributed by atoms with Crippen LogP contribution in [0.1, 0.15) is 31.6 Å². The van der Waals surface area contributed by atoms with E-state index in [1.807, 2.05) is 11.3 Å². The zero-order valence-electron chi connectivity index (χ0n) is 10.2. The Labute approximate surface area is 103 Å². The van der Waals surface area contributed by atoms with E-state index in [2.05, 4.69) is 48.8 Å². The van der Waals surface area contributed by atoms with Crippen molar-refractivity contribution in [2.75, 3.05) is 13.1 Å². The minimum Gasteiger partial charge on any atom is -0.316 e. The van der Waals surface area contributed by atoms with Crippen molar-refractivity contribution in [1.82, 2.24) is 5.32 Å². The predicted octanol–water partition coefficient (Wildman–Crippen LogP) is 3.58. The molecule has 1 aliphatic rings. The molecule has 2 heteroatoms. The van der Waals surface area contributed by atoms with Crippen LogP contribution in [0.2, 0.25) is 0 Å². The van der Waals surface area contributed by atoms with Crippen LogP contribution in [0.5, 0.6) is 0 Å². The van der Waals surface area contributed by atoms with E-state index in [1.54, 1.807) is 0 Å². The average Bonchev–Trinajstić information content (AvgIpc) is 2.87. The molecule has 0 atom stereocenters. The molecule has 0 aliphatic heterocycles. The van der Waals surface area contributed by atoms with Crippen molar-refractivity contribution in [3.8, 4) is 0 Å². The summed E-state index contributed by atoms with van der Waals surface area (Å²) in [6.07, 6.45) is 7.05. The van der Waals surface area contributed by atoms with Crippen molar-refractivity contribution in [3.63, 3.8) is 0 Å². The molecule has 0 spiro atoms. The van der Waals surface area contributed by atoms with Crippen LogP contribution in [-0.2, 0) is 5.41 Å². The first-order chi connectivity index (χ1) is 7.73. The Morgan fingerprint density at radius 3 is 2.69 bits per heavy atom. The lowest BCUT2D eigenvalue weighted by molar-refractivity contribution is 0.409. The molecule has 0 aromatic carbocycles. The summed E-state index contributed by atoms with van der Waals surface area (Å²) < 4.78 is 0. The molecule has 1 aromatic rings. The van der Waals surface area contributed by atoms with E-state index in [4.69, 9.17) is 0 Å². The molecule has 1 N–H and O–H groups in total. The van der Waals surface area contributed by atoms with Gasteiger partial charge in [-0.2, -0.15) is 0 Å². The van der Waals surface area contributed by atoms with Gasteiger partial charge in [-0.25, -0.2) is 0 Å². The monoisotopic (exact) mass is 235 g/mol. The summed E-state index contributed by atoms with van der Waals surface area (Å²) in [6, 6.07) is 4.46. The van der Waals surface area contributed by atoms with Gasteiger partial charge in [-0.1, -0.05) is 32.1 Å². The highest BCUT2D eigenvalue weighted by Gasteiger charge is 2.33. The highest BCUT2D eigenvalue weighted by atomic mass is 32.1. The maximum Gasteiger partial charge on any atom is 0.0240 e. The smallest absolute Gasteiger partial charge is 0.0240 e. The summed E-state index contributed by atoms with van der Waals surface area (Å²) >= 11 is 1.90. The van der Waals surface area contributed by atoms with Gasteiger partial charge in [0.2, 0.25) is 0 Å². The van der Waals surface area contributed by atoms with Gasteiger partial charge in [-0.05, 0) is 36.8 Å². The van der Waals surface area contributed by atoms with Crippen molar-refractivity contribution in [1.29, 1.82) is 0 Å². The van der Waals surface area contributed by atoms with Gasteiger partial charge in [0.25, 0.3) is 0 Å². The third-order valence-corrected chi connectivity index (χ3v) is 4.36. The van der Waals surface area contributed by atoms with Crippen molar-refractivity contribution in [3.05, 3.63) is 34.5 Å². The standard InChI is InChI=1S/C14H21NS/c1-12(2)10-15-11-14(7-3-4-8-14)13-6-5-9-16-13/h3-6,9,12,15H,7-8,10-11H2,1-2H3. The topological polar surface area (TPSA) is 12.0 Å². The van der Waals surface area contributed by atoms with Crippen LogP contribution >= 0.6 is 11.3 Å². The number of thiophene rings is 1. The van der Waals surface area contributed by atoms with Gasteiger partial charge < -0.3 is 5.32 Å². The molecular formula is C14H21NS. The maximum absolute atomic E-state index is 3.62. The van der Waals surface area contributed by atoms with Crippen molar-refractivity contribution < 1.29 is 0 Å². The molecule has 2 rings (SSSR count). The van der Waals surface area contributed by atoms with Gasteiger partial charge >= 0.3 is 0 Å². The zero-order chi connectivity index (χ0) is 11.4. The highest BCUT2D eigenvalue weighted by molar-refractivity contribution is 7.10. The molecule has 0 bridgehead atoms. The van der Waals surface area contributed by atoms with E-state index in [0.29, 0.717) is 5.41 Å². The Bertz CT molecular complexity index is 330. The lowest BCUT2D eigenvalue weighted by atomic mass is 9.83. The Morgan fingerprint density at radius 1 is 1.38 bits per heavy atom. The molecule has 0 fully saturated rings. The third kappa shape index (κ3) is 2.55. The number of nitrogens with one attached hydrogen (secondary N) is 1. The van der Waals surface area contributed by atoms with Crippen LogP contribution in [0.4, 0.5) is 0 Å². The molecule has 1 aliphatic carbocycles. The van der Waals surface area contributed by atoms with Gasteiger partial charge in [0, 0.05) is 16.8 Å². The normalized spacial score (nSPS) is 18.4. The molecule has 1 nitrogen and oxygen atoms in total. The molecule has 0 saturated heterocycles. The Kier molecular flexibility index (Phi) is 3.82. The summed E-state index contributed by atoms with van der Waals surface area (Å²) in [7, 11) is 0. The summed E-state index contributed by atoms with van der Waals surface area (Å²) in [4.78, 5) is 1.54. The second-order valence-electron chi connectivity index (χ2n) is 5.16. The van der Waals surface area contributed by atoms with Gasteiger partial charge in [-0.15, -0.1) is 11.3 Å². The molecule has 0 unspecified atom stereocenters. The largest absolute Gasteiger partial charge is 0.316 e. The minimum absolute atomic E-state index is 0.350. The minimum atomic E-state index is 0.350. The summed E-state index contributed by atoms with van der Waals surface area (Å²) in [5, 5.41) is 5.81. The molecule has 0 amide bonds. The predicted molar refractivity (Wildman–Crippen MR) is 72.1 cm³/mol. The second-order valence-corrected chi connectivity index (χ2v) is 6.11. The van der Waals surface area contributed by atoms with Crippen LogP contribution in [0.25, 0.3) is 0 Å².